The number of hydrogen-bond acceptors (Lipinski definition) is 6. The predicted octanol–water partition coefficient (Wildman–Crippen LogP) is 23.1. The van der Waals surface area contributed by atoms with Crippen molar-refractivity contribution in [2.75, 3.05) is 13.2 Å². The van der Waals surface area contributed by atoms with Crippen LogP contribution >= 0.6 is 0 Å². The van der Waals surface area contributed by atoms with Crippen molar-refractivity contribution in [1.82, 2.24) is 0 Å². The highest BCUT2D eigenvalue weighted by Crippen LogP contribution is 2.19. The van der Waals surface area contributed by atoms with Gasteiger partial charge < -0.3 is 14.2 Å². The van der Waals surface area contributed by atoms with E-state index in [4.69, 9.17) is 14.2 Å². The molecule has 1 unspecified atom stereocenters. The molecule has 0 aliphatic heterocycles. The fraction of sp³-hybridized carbons (Fsp3) is 0.956. The number of carbonyl (C=O) groups excluding carboxylic acids is 3. The largest absolute Gasteiger partial charge is 0.462 e. The van der Waals surface area contributed by atoms with Gasteiger partial charge in [-0.25, -0.2) is 0 Å². The summed E-state index contributed by atoms with van der Waals surface area (Å²) in [6, 6.07) is 0. The molecule has 0 saturated carbocycles. The summed E-state index contributed by atoms with van der Waals surface area (Å²) in [6.07, 6.45) is 74.8. The first-order chi connectivity index (χ1) is 36.5. The summed E-state index contributed by atoms with van der Waals surface area (Å²) in [6.45, 7) is 6.65. The van der Waals surface area contributed by atoms with Crippen LogP contribution in [-0.2, 0) is 28.6 Å². The zero-order valence-corrected chi connectivity index (χ0v) is 50.7. The lowest BCUT2D eigenvalue weighted by molar-refractivity contribution is -0.167. The van der Waals surface area contributed by atoms with Gasteiger partial charge in [0.25, 0.3) is 0 Å². The van der Waals surface area contributed by atoms with E-state index in [1.807, 2.05) is 0 Å². The SMILES string of the molecule is CCCCCCCCCCCCCCCCCCCCCCCCCCCCCCC(=O)OCC(COC(=O)CCCCCCC)OC(=O)CCCCCCCCCCCCCCCCCCCCCCCCC. The normalized spacial score (nSPS) is 11.9. The van der Waals surface area contributed by atoms with Gasteiger partial charge in [0, 0.05) is 19.3 Å². The van der Waals surface area contributed by atoms with Gasteiger partial charge in [0.15, 0.2) is 6.10 Å². The Balaban J connectivity index is 3.91. The quantitative estimate of drug-likeness (QED) is 0.0343. The second-order valence-corrected chi connectivity index (χ2v) is 23.5. The maximum absolute atomic E-state index is 12.8. The Hall–Kier alpha value is -1.59. The zero-order chi connectivity index (χ0) is 53.6. The first-order valence-electron chi connectivity index (χ1n) is 34.0. The molecule has 0 radical (unpaired) electrons. The van der Waals surface area contributed by atoms with E-state index in [1.54, 1.807) is 0 Å². The molecule has 440 valence electrons. The molecule has 0 amide bonds. The molecule has 6 heteroatoms. The van der Waals surface area contributed by atoms with Crippen molar-refractivity contribution in [3.8, 4) is 0 Å². The molecule has 1 atom stereocenters. The highest BCUT2D eigenvalue weighted by atomic mass is 16.6. The summed E-state index contributed by atoms with van der Waals surface area (Å²) in [5, 5.41) is 0. The van der Waals surface area contributed by atoms with Gasteiger partial charge in [0.05, 0.1) is 0 Å². The van der Waals surface area contributed by atoms with Gasteiger partial charge in [-0.15, -0.1) is 0 Å². The number of rotatable bonds is 64. The van der Waals surface area contributed by atoms with Crippen molar-refractivity contribution in [1.29, 1.82) is 0 Å². The van der Waals surface area contributed by atoms with E-state index in [0.717, 1.165) is 64.2 Å². The monoisotopic (exact) mass is 1050 g/mol. The van der Waals surface area contributed by atoms with Crippen molar-refractivity contribution >= 4 is 17.9 Å². The Kier molecular flexibility index (Phi) is 62.6. The van der Waals surface area contributed by atoms with E-state index in [1.165, 1.54) is 295 Å². The van der Waals surface area contributed by atoms with E-state index in [-0.39, 0.29) is 31.1 Å². The third-order valence-electron chi connectivity index (χ3n) is 15.9. The Morgan fingerprint density at radius 2 is 0.365 bits per heavy atom. The molecule has 0 saturated heterocycles. The molecular formula is C68H132O6. The third-order valence-corrected chi connectivity index (χ3v) is 15.9. The predicted molar refractivity (Wildman–Crippen MR) is 321 cm³/mol. The van der Waals surface area contributed by atoms with Gasteiger partial charge in [-0.2, -0.15) is 0 Å². The Morgan fingerprint density at radius 1 is 0.216 bits per heavy atom. The number of esters is 3. The summed E-state index contributed by atoms with van der Waals surface area (Å²) < 4.78 is 16.8. The summed E-state index contributed by atoms with van der Waals surface area (Å²) in [5.41, 5.74) is 0. The molecule has 0 aliphatic rings. The molecule has 6 nitrogen and oxygen atoms in total. The van der Waals surface area contributed by atoms with Crippen LogP contribution in [0.15, 0.2) is 0 Å². The maximum Gasteiger partial charge on any atom is 0.306 e. The van der Waals surface area contributed by atoms with Crippen molar-refractivity contribution in [3.05, 3.63) is 0 Å². The summed E-state index contributed by atoms with van der Waals surface area (Å²) in [4.78, 5) is 38.0. The topological polar surface area (TPSA) is 78.9 Å². The van der Waals surface area contributed by atoms with Crippen molar-refractivity contribution in [2.24, 2.45) is 0 Å². The standard InChI is InChI=1S/C68H132O6/c1-4-7-10-13-15-17-19-21-23-25-27-29-31-32-33-34-35-37-38-40-42-44-46-48-50-52-55-58-61-67(70)73-64-65(63-72-66(69)60-57-54-12-9-6-3)74-68(71)62-59-56-53-51-49-47-45-43-41-39-36-30-28-26-24-22-20-18-16-14-11-8-5-2/h65H,4-64H2,1-3H3. The molecular weight excluding hydrogens is 913 g/mol. The lowest BCUT2D eigenvalue weighted by Crippen LogP contribution is -2.30. The molecule has 0 N–H and O–H groups in total. The highest BCUT2D eigenvalue weighted by Gasteiger charge is 2.19. The van der Waals surface area contributed by atoms with Crippen molar-refractivity contribution < 1.29 is 28.6 Å². The van der Waals surface area contributed by atoms with Gasteiger partial charge in [-0.05, 0) is 19.3 Å². The van der Waals surface area contributed by atoms with Gasteiger partial charge in [-0.1, -0.05) is 361 Å². The Morgan fingerprint density at radius 3 is 0.541 bits per heavy atom. The molecule has 0 bridgehead atoms. The highest BCUT2D eigenvalue weighted by molar-refractivity contribution is 5.71. The zero-order valence-electron chi connectivity index (χ0n) is 50.7. The minimum Gasteiger partial charge on any atom is -0.462 e. The molecule has 0 fully saturated rings. The van der Waals surface area contributed by atoms with Gasteiger partial charge in [-0.3, -0.25) is 14.4 Å². The van der Waals surface area contributed by atoms with E-state index in [0.29, 0.717) is 19.3 Å². The van der Waals surface area contributed by atoms with E-state index in [9.17, 15) is 14.4 Å². The minimum atomic E-state index is -0.760. The number of hydrogen-bond donors (Lipinski definition) is 0. The van der Waals surface area contributed by atoms with E-state index < -0.39 is 6.10 Å². The molecule has 74 heavy (non-hydrogen) atoms. The van der Waals surface area contributed by atoms with Crippen LogP contribution in [0.1, 0.15) is 400 Å². The second kappa shape index (κ2) is 63.9. The van der Waals surface area contributed by atoms with Gasteiger partial charge in [0.1, 0.15) is 13.2 Å². The van der Waals surface area contributed by atoms with Crippen LogP contribution in [0.4, 0.5) is 0 Å². The van der Waals surface area contributed by atoms with Crippen LogP contribution < -0.4 is 0 Å². The van der Waals surface area contributed by atoms with Crippen LogP contribution in [0, 0.1) is 0 Å². The van der Waals surface area contributed by atoms with E-state index >= 15 is 0 Å². The van der Waals surface area contributed by atoms with Crippen LogP contribution in [0.25, 0.3) is 0 Å². The lowest BCUT2D eigenvalue weighted by Gasteiger charge is -2.18. The van der Waals surface area contributed by atoms with E-state index in [2.05, 4.69) is 20.8 Å². The van der Waals surface area contributed by atoms with Crippen LogP contribution in [0.3, 0.4) is 0 Å². The minimum absolute atomic E-state index is 0.0622. The average molecular weight is 1050 g/mol. The first-order valence-corrected chi connectivity index (χ1v) is 34.0. The fourth-order valence-corrected chi connectivity index (χ4v) is 10.7. The number of carbonyl (C=O) groups is 3. The summed E-state index contributed by atoms with van der Waals surface area (Å²) >= 11 is 0. The maximum atomic E-state index is 12.8. The second-order valence-electron chi connectivity index (χ2n) is 23.5. The Labute approximate surface area is 463 Å². The lowest BCUT2D eigenvalue weighted by atomic mass is 10.0. The Bertz CT molecular complexity index is 1110. The molecule has 0 rings (SSSR count). The van der Waals surface area contributed by atoms with Gasteiger partial charge in [0.2, 0.25) is 0 Å². The number of unbranched alkanes of at least 4 members (excludes halogenated alkanes) is 53. The van der Waals surface area contributed by atoms with Gasteiger partial charge >= 0.3 is 17.9 Å². The molecule has 0 aromatic rings. The molecule has 0 aromatic heterocycles. The van der Waals surface area contributed by atoms with Crippen molar-refractivity contribution in [2.45, 2.75) is 406 Å². The summed E-state index contributed by atoms with van der Waals surface area (Å²) in [7, 11) is 0. The smallest absolute Gasteiger partial charge is 0.306 e. The first kappa shape index (κ1) is 72.4. The summed E-state index contributed by atoms with van der Waals surface area (Å²) in [5.74, 6) is -0.844. The van der Waals surface area contributed by atoms with Crippen LogP contribution in [-0.4, -0.2) is 37.2 Å². The molecule has 0 heterocycles. The fourth-order valence-electron chi connectivity index (χ4n) is 10.7. The van der Waals surface area contributed by atoms with Crippen LogP contribution in [0.5, 0.6) is 0 Å². The average Bonchev–Trinajstić information content (AvgIpc) is 3.40. The van der Waals surface area contributed by atoms with Crippen molar-refractivity contribution in [3.63, 3.8) is 0 Å². The molecule has 0 spiro atoms. The molecule has 0 aliphatic carbocycles. The number of ether oxygens (including phenoxy) is 3. The van der Waals surface area contributed by atoms with Crippen LogP contribution in [0.2, 0.25) is 0 Å². The third kappa shape index (κ3) is 61.3. The molecule has 0 aromatic carbocycles.